The van der Waals surface area contributed by atoms with Crippen LogP contribution in [0.2, 0.25) is 0 Å². The number of aromatic nitrogens is 1. The molecule has 0 radical (unpaired) electrons. The Bertz CT molecular complexity index is 849. The first-order valence-corrected chi connectivity index (χ1v) is 21.1. The molecule has 0 aliphatic carbocycles. The van der Waals surface area contributed by atoms with Gasteiger partial charge in [-0.2, -0.15) is 0 Å². The minimum absolute atomic E-state index is 0. The normalized spacial score (nSPS) is 15.0. The third kappa shape index (κ3) is 24.7. The number of aryl methyl sites for hydroxylation is 1. The maximum absolute atomic E-state index is 13.9. The van der Waals surface area contributed by atoms with E-state index in [-0.39, 0.29) is 12.4 Å². The minimum Gasteiger partial charge on any atom is -1.00 e. The highest BCUT2D eigenvalue weighted by Gasteiger charge is 2.28. The lowest BCUT2D eigenvalue weighted by Gasteiger charge is -2.20. The zero-order valence-corrected chi connectivity index (χ0v) is 33.2. The van der Waals surface area contributed by atoms with Crippen molar-refractivity contribution >= 4 is 12.9 Å². The van der Waals surface area contributed by atoms with Gasteiger partial charge in [0.1, 0.15) is 7.05 Å². The maximum atomic E-state index is 13.9. The van der Waals surface area contributed by atoms with E-state index in [2.05, 4.69) is 41.5 Å². The minimum atomic E-state index is -3.32. The lowest BCUT2D eigenvalue weighted by Crippen LogP contribution is -3.00. The highest BCUT2D eigenvalue weighted by Crippen LogP contribution is 2.47. The summed E-state index contributed by atoms with van der Waals surface area (Å²) in [6.07, 6.45) is 32.5. The van der Waals surface area contributed by atoms with Crippen molar-refractivity contribution in [1.82, 2.24) is 0 Å². The van der Waals surface area contributed by atoms with Crippen molar-refractivity contribution in [2.24, 2.45) is 30.7 Å². The monoisotopic (exact) mass is 686 g/mol. The maximum Gasteiger partial charge on any atom is 0.361 e. The first kappa shape index (κ1) is 45.6. The quantitative estimate of drug-likeness (QED) is 0.0444. The summed E-state index contributed by atoms with van der Waals surface area (Å²) < 4.78 is 28.0. The Balaban J connectivity index is 0.0000202. The van der Waals surface area contributed by atoms with E-state index in [1.807, 2.05) is 36.1 Å². The lowest BCUT2D eigenvalue weighted by atomic mass is 9.91. The van der Waals surface area contributed by atoms with Crippen LogP contribution in [0.5, 0.6) is 0 Å². The van der Waals surface area contributed by atoms with Crippen LogP contribution < -0.4 is 22.3 Å². The van der Waals surface area contributed by atoms with Gasteiger partial charge in [-0.05, 0) is 36.5 Å². The fourth-order valence-corrected chi connectivity index (χ4v) is 7.89. The lowest BCUT2D eigenvalue weighted by molar-refractivity contribution is -0.671. The van der Waals surface area contributed by atoms with Gasteiger partial charge in [-0.3, -0.25) is 4.57 Å². The molecule has 4 nitrogen and oxygen atoms in total. The van der Waals surface area contributed by atoms with Crippen molar-refractivity contribution in [2.45, 2.75) is 183 Å². The van der Waals surface area contributed by atoms with E-state index in [4.69, 9.17) is 9.05 Å². The molecule has 0 N–H and O–H groups in total. The van der Waals surface area contributed by atoms with Crippen LogP contribution in [0.25, 0.3) is 0 Å². The third-order valence-electron chi connectivity index (χ3n) is 9.67. The van der Waals surface area contributed by atoms with Gasteiger partial charge in [0.25, 0.3) is 0 Å². The Morgan fingerprint density at radius 3 is 1.41 bits per heavy atom. The zero-order chi connectivity index (χ0) is 33.2. The molecule has 1 aromatic heterocycles. The van der Waals surface area contributed by atoms with Gasteiger partial charge in [0.05, 0.1) is 18.5 Å². The Kier molecular flexibility index (Phi) is 29.2. The van der Waals surface area contributed by atoms with Crippen LogP contribution in [0.3, 0.4) is 0 Å². The molecule has 1 heterocycles. The van der Waals surface area contributed by atoms with Crippen molar-refractivity contribution < 1.29 is 30.6 Å². The standard InChI is InChI=1S/C40H77NO3P.ClH/c1-8-9-10-11-12-13-14-15-16-17-18-19-34-43-45(42,40-29-32-41(7)33-30-40)44-35-31-39(6)28-22-27-38(5)26-21-25-37(4)24-20-23-36(2)3;/h29-30,32-33,36-39H,8-28,31,34-35H2,1-7H3;1H/q+1;/p-1. The summed E-state index contributed by atoms with van der Waals surface area (Å²) in [5, 5.41) is 0.676. The summed E-state index contributed by atoms with van der Waals surface area (Å²) >= 11 is 0. The van der Waals surface area contributed by atoms with Crippen LogP contribution in [0.1, 0.15) is 183 Å². The molecule has 1 aromatic rings. The molecule has 0 saturated heterocycles. The van der Waals surface area contributed by atoms with E-state index in [0.717, 1.165) is 37.0 Å². The molecule has 0 amide bonds. The number of halogens is 1. The summed E-state index contributed by atoms with van der Waals surface area (Å²) in [5.41, 5.74) is 0. The van der Waals surface area contributed by atoms with Crippen molar-refractivity contribution in [1.29, 1.82) is 0 Å². The molecule has 0 fully saturated rings. The van der Waals surface area contributed by atoms with Gasteiger partial charge in [-0.1, -0.05) is 170 Å². The van der Waals surface area contributed by atoms with Gasteiger partial charge in [-0.15, -0.1) is 0 Å². The topological polar surface area (TPSA) is 39.4 Å². The molecule has 6 heteroatoms. The second-order valence-corrected chi connectivity index (χ2v) is 17.1. The van der Waals surface area contributed by atoms with Gasteiger partial charge >= 0.3 is 7.60 Å². The predicted octanol–water partition coefficient (Wildman–Crippen LogP) is 9.53. The molecule has 4 atom stereocenters. The molecular weight excluding hydrogens is 609 g/mol. The molecule has 0 aromatic carbocycles. The van der Waals surface area contributed by atoms with Crippen LogP contribution in [0.15, 0.2) is 24.5 Å². The molecule has 46 heavy (non-hydrogen) atoms. The summed E-state index contributed by atoms with van der Waals surface area (Å²) in [4.78, 5) is 0. The summed E-state index contributed by atoms with van der Waals surface area (Å²) in [5.74, 6) is 3.09. The van der Waals surface area contributed by atoms with Gasteiger partial charge in [-0.25, -0.2) is 4.57 Å². The number of hydrogen-bond donors (Lipinski definition) is 0. The van der Waals surface area contributed by atoms with Crippen LogP contribution in [0, 0.1) is 23.7 Å². The average molecular weight is 686 g/mol. The molecule has 272 valence electrons. The third-order valence-corrected chi connectivity index (χ3v) is 11.6. The van der Waals surface area contributed by atoms with Crippen LogP contribution >= 0.6 is 7.60 Å². The second kappa shape index (κ2) is 29.5. The highest BCUT2D eigenvalue weighted by atomic mass is 35.5. The molecule has 0 bridgehead atoms. The first-order chi connectivity index (χ1) is 21.7. The van der Waals surface area contributed by atoms with Gasteiger partial charge in [0.15, 0.2) is 12.4 Å². The van der Waals surface area contributed by atoms with Gasteiger partial charge in [0, 0.05) is 12.1 Å². The van der Waals surface area contributed by atoms with Crippen molar-refractivity contribution in [2.75, 3.05) is 13.2 Å². The fourth-order valence-electron chi connectivity index (χ4n) is 6.30. The molecule has 0 spiro atoms. The van der Waals surface area contributed by atoms with E-state index in [1.165, 1.54) is 122 Å². The number of nitrogens with zero attached hydrogens (tertiary/aromatic N) is 1. The number of pyridine rings is 1. The summed E-state index contributed by atoms with van der Waals surface area (Å²) in [7, 11) is -1.35. The largest absolute Gasteiger partial charge is 1.00 e. The molecule has 0 saturated carbocycles. The average Bonchev–Trinajstić information content (AvgIpc) is 2.99. The van der Waals surface area contributed by atoms with Crippen LogP contribution in [-0.4, -0.2) is 13.2 Å². The summed E-state index contributed by atoms with van der Waals surface area (Å²) in [6.45, 7) is 15.1. The van der Waals surface area contributed by atoms with E-state index in [9.17, 15) is 4.57 Å². The highest BCUT2D eigenvalue weighted by molar-refractivity contribution is 7.62. The van der Waals surface area contributed by atoms with Crippen LogP contribution in [0.4, 0.5) is 0 Å². The predicted molar refractivity (Wildman–Crippen MR) is 196 cm³/mol. The zero-order valence-electron chi connectivity index (χ0n) is 31.6. The van der Waals surface area contributed by atoms with Gasteiger partial charge < -0.3 is 21.5 Å². The Hall–Kier alpha value is -0.410. The van der Waals surface area contributed by atoms with E-state index in [1.54, 1.807) is 0 Å². The van der Waals surface area contributed by atoms with E-state index >= 15 is 0 Å². The van der Waals surface area contributed by atoms with Gasteiger partial charge in [0.2, 0.25) is 0 Å². The summed E-state index contributed by atoms with van der Waals surface area (Å²) in [6, 6.07) is 3.78. The number of rotatable bonds is 31. The van der Waals surface area contributed by atoms with Crippen LogP contribution in [-0.2, 0) is 20.7 Å². The smallest absolute Gasteiger partial charge is 0.361 e. The Morgan fingerprint density at radius 1 is 0.565 bits per heavy atom. The van der Waals surface area contributed by atoms with Crippen molar-refractivity contribution in [3.63, 3.8) is 0 Å². The molecular formula is C40H77ClNO3P. The SMILES string of the molecule is CCCCCCCCCCCCCCOP(=O)(OCCC(C)CCCC(C)CCCC(C)CCCC(C)C)c1cc[n+](C)cc1.[Cl-]. The first-order valence-electron chi connectivity index (χ1n) is 19.5. The number of hydrogen-bond acceptors (Lipinski definition) is 3. The van der Waals surface area contributed by atoms with Crippen molar-refractivity contribution in [3.05, 3.63) is 24.5 Å². The van der Waals surface area contributed by atoms with Crippen molar-refractivity contribution in [3.8, 4) is 0 Å². The second-order valence-electron chi connectivity index (χ2n) is 15.1. The molecule has 1 rings (SSSR count). The van der Waals surface area contributed by atoms with E-state index < -0.39 is 7.60 Å². The fraction of sp³-hybridized carbons (Fsp3) is 0.875. The molecule has 0 aliphatic heterocycles. The van der Waals surface area contributed by atoms with E-state index in [0.29, 0.717) is 24.4 Å². The molecule has 4 unspecified atom stereocenters. The Labute approximate surface area is 293 Å². The molecule has 0 aliphatic rings. The number of unbranched alkanes of at least 4 members (excludes halogenated alkanes) is 11. The Morgan fingerprint density at radius 2 is 0.957 bits per heavy atom.